The van der Waals surface area contributed by atoms with E-state index in [4.69, 9.17) is 0 Å². The zero-order valence-corrected chi connectivity index (χ0v) is 34.2. The van der Waals surface area contributed by atoms with Crippen molar-refractivity contribution in [3.05, 3.63) is 190 Å². The molecule has 0 saturated carbocycles. The van der Waals surface area contributed by atoms with Gasteiger partial charge < -0.3 is 9.47 Å². The first-order chi connectivity index (χ1) is 29.2. The molecule has 0 amide bonds. The third-order valence-corrected chi connectivity index (χ3v) is 15.8. The maximum absolute atomic E-state index is 2.72. The summed E-state index contributed by atoms with van der Waals surface area (Å²) in [5.41, 5.74) is 15.8. The van der Waals surface area contributed by atoms with Crippen molar-refractivity contribution in [2.24, 2.45) is 0 Å². The summed E-state index contributed by atoms with van der Waals surface area (Å²) in [5, 5.41) is 5.31. The number of fused-ring (bicyclic) bond motifs is 12. The number of aryl methyl sites for hydroxylation is 1. The summed E-state index contributed by atoms with van der Waals surface area (Å²) in [6.07, 6.45) is 21.8. The second-order valence-electron chi connectivity index (χ2n) is 16.6. The summed E-state index contributed by atoms with van der Waals surface area (Å²) in [5.74, 6) is 0.480. The summed E-state index contributed by atoms with van der Waals surface area (Å²) in [7, 11) is 0. The maximum atomic E-state index is 2.72. The largest absolute Gasteiger partial charge is 0.341 e. The highest BCUT2D eigenvalue weighted by Crippen LogP contribution is 2.50. The second-order valence-corrected chi connectivity index (χ2v) is 18.8. The molecule has 9 aromatic rings. The molecule has 4 aliphatic rings. The summed E-state index contributed by atoms with van der Waals surface area (Å²) >= 11 is 3.89. The zero-order valence-electron chi connectivity index (χ0n) is 32.6. The number of hydrogen-bond donors (Lipinski definition) is 0. The highest BCUT2D eigenvalue weighted by Gasteiger charge is 2.39. The number of allylic oxidation sites excluding steroid dienone is 5. The Hall–Kier alpha value is -6.20. The molecule has 2 atom stereocenters. The number of para-hydroxylation sites is 3. The summed E-state index contributed by atoms with van der Waals surface area (Å²) < 4.78 is 5.21. The standard InChI is InChI=1S/C55H40N2S2/c1-2-16-44-45-31-34(22-25-53(45)58-52(44)21-3-1)36-28-37(30-39(29-36)57-50-19-10-6-14-42(50)43-15-7-11-20-51(43)57)35-23-26-54-46(32-35)47-33-38(24-27-55(47)59-54)56-48-17-8-4-12-40(48)41-13-5-9-18-49(41)56/h1-8,10-15,17,19-23,25-26,28-33,41,49H,9,16,18,24,27H2. The summed E-state index contributed by atoms with van der Waals surface area (Å²) in [6, 6.07) is 49.0. The van der Waals surface area contributed by atoms with Crippen molar-refractivity contribution in [3.8, 4) is 27.9 Å². The molecule has 6 aromatic carbocycles. The van der Waals surface area contributed by atoms with Gasteiger partial charge in [0.25, 0.3) is 0 Å². The van der Waals surface area contributed by atoms with Crippen molar-refractivity contribution in [2.75, 3.05) is 4.90 Å². The Labute approximate surface area is 352 Å². The molecule has 2 unspecified atom stereocenters. The van der Waals surface area contributed by atoms with Crippen LogP contribution in [0.15, 0.2) is 163 Å². The minimum Gasteiger partial charge on any atom is -0.341 e. The third-order valence-electron chi connectivity index (χ3n) is 13.4. The molecule has 3 aromatic heterocycles. The van der Waals surface area contributed by atoms with E-state index >= 15 is 0 Å². The summed E-state index contributed by atoms with van der Waals surface area (Å²) in [4.78, 5) is 5.61. The monoisotopic (exact) mass is 792 g/mol. The molecule has 0 N–H and O–H groups in total. The van der Waals surface area contributed by atoms with Gasteiger partial charge in [0, 0.05) is 64.3 Å². The van der Waals surface area contributed by atoms with Crippen LogP contribution in [0.2, 0.25) is 0 Å². The smallest absolute Gasteiger partial charge is 0.0541 e. The van der Waals surface area contributed by atoms with Crippen molar-refractivity contribution >= 4 is 82.5 Å². The SMILES string of the molecule is C1=CCc2c(sc3ccc(-c4cc(-c5ccc6sc7c(c6c5)C=C(N5c6ccccc6C6C=CCCC65)CC7)cc(-n5c6ccccc6c6ccccc65)c4)cc23)C=C1. The molecule has 0 radical (unpaired) electrons. The van der Waals surface area contributed by atoms with E-state index in [-0.39, 0.29) is 0 Å². The lowest BCUT2D eigenvalue weighted by molar-refractivity contribution is 0.547. The van der Waals surface area contributed by atoms with Crippen molar-refractivity contribution in [1.29, 1.82) is 0 Å². The lowest BCUT2D eigenvalue weighted by Gasteiger charge is -2.34. The molecular formula is C55H40N2S2. The predicted molar refractivity (Wildman–Crippen MR) is 254 cm³/mol. The fourth-order valence-corrected chi connectivity index (χ4v) is 13.0. The number of aromatic nitrogens is 1. The molecular weight excluding hydrogens is 753 g/mol. The van der Waals surface area contributed by atoms with Gasteiger partial charge in [0.05, 0.1) is 11.0 Å². The van der Waals surface area contributed by atoms with Crippen molar-refractivity contribution in [1.82, 2.24) is 4.57 Å². The normalized spacial score (nSPS) is 18.0. The molecule has 2 nitrogen and oxygen atoms in total. The number of anilines is 1. The fourth-order valence-electron chi connectivity index (χ4n) is 10.7. The van der Waals surface area contributed by atoms with E-state index in [9.17, 15) is 0 Å². The lowest BCUT2D eigenvalue weighted by atomic mass is 9.87. The van der Waals surface area contributed by atoms with Crippen LogP contribution < -0.4 is 4.90 Å². The van der Waals surface area contributed by atoms with Crippen LogP contribution in [-0.4, -0.2) is 10.6 Å². The van der Waals surface area contributed by atoms with Crippen LogP contribution in [0.4, 0.5) is 5.69 Å². The van der Waals surface area contributed by atoms with Gasteiger partial charge in [-0.15, -0.1) is 22.7 Å². The van der Waals surface area contributed by atoms with Gasteiger partial charge in [0.2, 0.25) is 0 Å². The lowest BCUT2D eigenvalue weighted by Crippen LogP contribution is -2.34. The molecule has 4 heterocycles. The number of rotatable bonds is 4. The third kappa shape index (κ3) is 5.23. The Morgan fingerprint density at radius 2 is 1.32 bits per heavy atom. The Morgan fingerprint density at radius 3 is 2.14 bits per heavy atom. The van der Waals surface area contributed by atoms with Gasteiger partial charge in [0.1, 0.15) is 0 Å². The predicted octanol–water partition coefficient (Wildman–Crippen LogP) is 15.3. The quantitative estimate of drug-likeness (QED) is 0.161. The fraction of sp³-hybridized carbons (Fsp3) is 0.127. The first kappa shape index (κ1) is 33.7. The van der Waals surface area contributed by atoms with Gasteiger partial charge in [-0.25, -0.2) is 0 Å². The van der Waals surface area contributed by atoms with E-state index < -0.39 is 0 Å². The van der Waals surface area contributed by atoms with Gasteiger partial charge in [-0.05, 0) is 149 Å². The Kier molecular flexibility index (Phi) is 7.52. The average Bonchev–Trinajstić information content (AvgIpc) is 3.98. The van der Waals surface area contributed by atoms with E-state index in [2.05, 4.69) is 179 Å². The van der Waals surface area contributed by atoms with Crippen LogP contribution >= 0.6 is 22.7 Å². The van der Waals surface area contributed by atoms with E-state index in [1.54, 1.807) is 0 Å². The van der Waals surface area contributed by atoms with Crippen LogP contribution in [0.3, 0.4) is 0 Å². The van der Waals surface area contributed by atoms with Crippen LogP contribution in [0, 0.1) is 0 Å². The average molecular weight is 793 g/mol. The van der Waals surface area contributed by atoms with Crippen LogP contribution in [0.5, 0.6) is 0 Å². The van der Waals surface area contributed by atoms with E-state index in [1.165, 1.54) is 114 Å². The van der Waals surface area contributed by atoms with Crippen LogP contribution in [-0.2, 0) is 12.8 Å². The summed E-state index contributed by atoms with van der Waals surface area (Å²) in [6.45, 7) is 0. The van der Waals surface area contributed by atoms with Crippen LogP contribution in [0.1, 0.15) is 51.6 Å². The first-order valence-electron chi connectivity index (χ1n) is 21.1. The number of thiophene rings is 2. The van der Waals surface area contributed by atoms with Gasteiger partial charge in [0.15, 0.2) is 0 Å². The van der Waals surface area contributed by atoms with Crippen molar-refractivity contribution in [2.45, 2.75) is 44.1 Å². The zero-order chi connectivity index (χ0) is 38.6. The van der Waals surface area contributed by atoms with Crippen molar-refractivity contribution < 1.29 is 0 Å². The maximum Gasteiger partial charge on any atom is 0.0541 e. The molecule has 0 spiro atoms. The minimum atomic E-state index is 0.480. The Morgan fingerprint density at radius 1 is 0.593 bits per heavy atom. The van der Waals surface area contributed by atoms with Crippen molar-refractivity contribution in [3.63, 3.8) is 0 Å². The molecule has 0 saturated heterocycles. The van der Waals surface area contributed by atoms with E-state index in [0.29, 0.717) is 12.0 Å². The number of hydrogen-bond acceptors (Lipinski definition) is 3. The molecule has 1 aliphatic heterocycles. The molecule has 13 rings (SSSR count). The van der Waals surface area contributed by atoms with Gasteiger partial charge in [-0.2, -0.15) is 0 Å². The number of nitrogens with zero attached hydrogens (tertiary/aromatic N) is 2. The highest BCUT2D eigenvalue weighted by atomic mass is 32.1. The van der Waals surface area contributed by atoms with Gasteiger partial charge >= 0.3 is 0 Å². The van der Waals surface area contributed by atoms with Crippen LogP contribution in [0.25, 0.3) is 82.1 Å². The molecule has 4 heteroatoms. The second kappa shape index (κ2) is 13.2. The first-order valence-corrected chi connectivity index (χ1v) is 22.7. The minimum absolute atomic E-state index is 0.480. The van der Waals surface area contributed by atoms with Gasteiger partial charge in [-0.3, -0.25) is 0 Å². The Balaban J connectivity index is 0.991. The molecule has 3 aliphatic carbocycles. The Bertz CT molecular complexity index is 3290. The topological polar surface area (TPSA) is 8.17 Å². The van der Waals surface area contributed by atoms with Gasteiger partial charge in [-0.1, -0.05) is 97.1 Å². The highest BCUT2D eigenvalue weighted by molar-refractivity contribution is 7.20. The molecule has 0 bridgehead atoms. The van der Waals surface area contributed by atoms with E-state index in [1.807, 2.05) is 22.7 Å². The molecule has 282 valence electrons. The number of benzene rings is 6. The molecule has 0 fully saturated rings. The molecule has 59 heavy (non-hydrogen) atoms. The van der Waals surface area contributed by atoms with E-state index in [0.717, 1.165) is 25.7 Å².